The molecule has 4 nitrogen and oxygen atoms in total. The van der Waals surface area contributed by atoms with E-state index >= 15 is 0 Å². The smallest absolute Gasteiger partial charge is 0.0652 e. The van der Waals surface area contributed by atoms with Crippen LogP contribution in [0.4, 0.5) is 0 Å². The van der Waals surface area contributed by atoms with Gasteiger partial charge in [0.25, 0.3) is 0 Å². The zero-order valence-electron chi connectivity index (χ0n) is 9.87. The first-order valence-corrected chi connectivity index (χ1v) is 6.10. The van der Waals surface area contributed by atoms with Gasteiger partial charge in [-0.1, -0.05) is 12.8 Å². The maximum absolute atomic E-state index is 6.92. The molecule has 1 unspecified atom stereocenters. The van der Waals surface area contributed by atoms with Crippen LogP contribution in [0.1, 0.15) is 32.1 Å². The van der Waals surface area contributed by atoms with Gasteiger partial charge in [0.1, 0.15) is 0 Å². The summed E-state index contributed by atoms with van der Waals surface area (Å²) in [5.41, 5.74) is 5.95. The molecule has 1 aliphatic heterocycles. The van der Waals surface area contributed by atoms with E-state index in [1.54, 1.807) is 6.20 Å². The number of nitrogens with one attached hydrogen (secondary N) is 2. The van der Waals surface area contributed by atoms with Crippen LogP contribution < -0.4 is 11.1 Å². The van der Waals surface area contributed by atoms with Crippen LogP contribution in [0.2, 0.25) is 0 Å². The van der Waals surface area contributed by atoms with Gasteiger partial charge in [0.15, 0.2) is 0 Å². The summed E-state index contributed by atoms with van der Waals surface area (Å²) < 4.78 is 5.48. The average molecular weight is 225 g/mol. The lowest BCUT2D eigenvalue weighted by Crippen LogP contribution is -2.17. The molecule has 1 saturated heterocycles. The molecule has 0 aliphatic carbocycles. The van der Waals surface area contributed by atoms with Crippen molar-refractivity contribution >= 4 is 6.21 Å². The largest absolute Gasteiger partial charge is 0.396 e. The highest BCUT2D eigenvalue weighted by Crippen LogP contribution is 2.18. The fourth-order valence-electron chi connectivity index (χ4n) is 1.94. The average Bonchev–Trinajstić information content (AvgIpc) is 2.26. The monoisotopic (exact) mass is 225 g/mol. The molecule has 1 heterocycles. The summed E-state index contributed by atoms with van der Waals surface area (Å²) >= 11 is 0. The number of rotatable bonds is 5. The number of nitrogens with two attached hydrogens (primary N) is 1. The summed E-state index contributed by atoms with van der Waals surface area (Å²) in [6.07, 6.45) is 8.97. The summed E-state index contributed by atoms with van der Waals surface area (Å²) in [5.74, 6) is 0.766. The third-order valence-corrected chi connectivity index (χ3v) is 2.95. The molecule has 0 radical (unpaired) electrons. The van der Waals surface area contributed by atoms with Crippen molar-refractivity contribution in [3.63, 3.8) is 0 Å². The Morgan fingerprint density at radius 3 is 3.06 bits per heavy atom. The SMILES string of the molecule is N=C/C(N)=C\NCCC1CCCCOCC1. The lowest BCUT2D eigenvalue weighted by molar-refractivity contribution is 0.0986. The first kappa shape index (κ1) is 13.0. The molecular weight excluding hydrogens is 202 g/mol. The van der Waals surface area contributed by atoms with Gasteiger partial charge in [-0.3, -0.25) is 0 Å². The Kier molecular flexibility index (Phi) is 6.65. The van der Waals surface area contributed by atoms with Crippen molar-refractivity contribution < 1.29 is 4.74 Å². The second-order valence-electron chi connectivity index (χ2n) is 4.29. The predicted octanol–water partition coefficient (Wildman–Crippen LogP) is 1.62. The van der Waals surface area contributed by atoms with Crippen molar-refractivity contribution in [3.05, 3.63) is 11.9 Å². The molecule has 92 valence electrons. The molecule has 0 aromatic heterocycles. The number of allylic oxidation sites excluding steroid dienone is 1. The second kappa shape index (κ2) is 8.16. The number of ether oxygens (including phenoxy) is 1. The summed E-state index contributed by atoms with van der Waals surface area (Å²) in [5, 5.41) is 10.1. The number of hydrogen-bond donors (Lipinski definition) is 3. The van der Waals surface area contributed by atoms with Crippen molar-refractivity contribution in [2.75, 3.05) is 19.8 Å². The van der Waals surface area contributed by atoms with Crippen LogP contribution in [0.25, 0.3) is 0 Å². The standard InChI is InChI=1S/C12H23N3O/c13-9-12(14)10-15-6-4-11-3-1-2-7-16-8-5-11/h9-11,13,15H,1-8,14H2/b12-10+,13-9?. The van der Waals surface area contributed by atoms with Crippen LogP contribution in [-0.4, -0.2) is 26.0 Å². The highest BCUT2D eigenvalue weighted by molar-refractivity contribution is 5.73. The molecule has 0 amide bonds. The first-order chi connectivity index (χ1) is 7.83. The molecule has 16 heavy (non-hydrogen) atoms. The lowest BCUT2D eigenvalue weighted by atomic mass is 9.94. The van der Waals surface area contributed by atoms with Gasteiger partial charge in [-0.05, 0) is 25.2 Å². The van der Waals surface area contributed by atoms with Gasteiger partial charge in [-0.25, -0.2) is 0 Å². The minimum absolute atomic E-state index is 0.473. The highest BCUT2D eigenvalue weighted by Gasteiger charge is 2.10. The molecule has 0 bridgehead atoms. The Morgan fingerprint density at radius 1 is 1.38 bits per heavy atom. The Hall–Kier alpha value is -1.03. The molecule has 4 N–H and O–H groups in total. The van der Waals surface area contributed by atoms with Gasteiger partial charge < -0.3 is 21.2 Å². The van der Waals surface area contributed by atoms with Crippen molar-refractivity contribution in [2.24, 2.45) is 11.7 Å². The fourth-order valence-corrected chi connectivity index (χ4v) is 1.94. The summed E-state index contributed by atoms with van der Waals surface area (Å²) in [7, 11) is 0. The Morgan fingerprint density at radius 2 is 2.25 bits per heavy atom. The molecule has 1 fully saturated rings. The van der Waals surface area contributed by atoms with Crippen LogP contribution >= 0.6 is 0 Å². The third-order valence-electron chi connectivity index (χ3n) is 2.95. The molecular formula is C12H23N3O. The minimum Gasteiger partial charge on any atom is -0.396 e. The molecule has 0 saturated carbocycles. The Labute approximate surface area is 97.7 Å². The molecule has 0 aromatic carbocycles. The highest BCUT2D eigenvalue weighted by atomic mass is 16.5. The summed E-state index contributed by atoms with van der Waals surface area (Å²) in [4.78, 5) is 0. The number of hydrogen-bond acceptors (Lipinski definition) is 4. The van der Waals surface area contributed by atoms with Crippen LogP contribution in [-0.2, 0) is 4.74 Å². The molecule has 0 aromatic rings. The Balaban J connectivity index is 2.12. The van der Waals surface area contributed by atoms with E-state index in [1.807, 2.05) is 0 Å². The predicted molar refractivity (Wildman–Crippen MR) is 66.5 cm³/mol. The normalized spacial score (nSPS) is 23.2. The lowest BCUT2D eigenvalue weighted by Gasteiger charge is -2.19. The maximum Gasteiger partial charge on any atom is 0.0652 e. The van der Waals surface area contributed by atoms with Gasteiger partial charge in [0, 0.05) is 32.2 Å². The van der Waals surface area contributed by atoms with Gasteiger partial charge in [0.05, 0.1) is 5.70 Å². The zero-order valence-corrected chi connectivity index (χ0v) is 9.87. The van der Waals surface area contributed by atoms with E-state index in [0.717, 1.165) is 38.3 Å². The van der Waals surface area contributed by atoms with E-state index in [4.69, 9.17) is 15.9 Å². The van der Waals surface area contributed by atoms with E-state index in [1.165, 1.54) is 25.7 Å². The third kappa shape index (κ3) is 5.75. The molecule has 1 aliphatic rings. The molecule has 1 atom stereocenters. The van der Waals surface area contributed by atoms with E-state index in [9.17, 15) is 0 Å². The second-order valence-corrected chi connectivity index (χ2v) is 4.29. The van der Waals surface area contributed by atoms with Crippen LogP contribution in [0.3, 0.4) is 0 Å². The van der Waals surface area contributed by atoms with Crippen LogP contribution in [0, 0.1) is 11.3 Å². The van der Waals surface area contributed by atoms with Crippen LogP contribution in [0.5, 0.6) is 0 Å². The molecule has 4 heteroatoms. The van der Waals surface area contributed by atoms with E-state index < -0.39 is 0 Å². The van der Waals surface area contributed by atoms with Gasteiger partial charge >= 0.3 is 0 Å². The maximum atomic E-state index is 6.92. The van der Waals surface area contributed by atoms with E-state index in [-0.39, 0.29) is 0 Å². The van der Waals surface area contributed by atoms with Crippen molar-refractivity contribution in [2.45, 2.75) is 32.1 Å². The fraction of sp³-hybridized carbons (Fsp3) is 0.750. The van der Waals surface area contributed by atoms with Crippen molar-refractivity contribution in [1.29, 1.82) is 5.41 Å². The van der Waals surface area contributed by atoms with Gasteiger partial charge in [-0.2, -0.15) is 0 Å². The molecule has 0 spiro atoms. The van der Waals surface area contributed by atoms with Crippen LogP contribution in [0.15, 0.2) is 11.9 Å². The molecule has 1 rings (SSSR count). The van der Waals surface area contributed by atoms with Crippen molar-refractivity contribution in [1.82, 2.24) is 5.32 Å². The summed E-state index contributed by atoms with van der Waals surface area (Å²) in [6, 6.07) is 0. The Bertz CT molecular complexity index is 220. The zero-order chi connectivity index (χ0) is 11.6. The van der Waals surface area contributed by atoms with Crippen molar-refractivity contribution in [3.8, 4) is 0 Å². The minimum atomic E-state index is 0.473. The summed E-state index contributed by atoms with van der Waals surface area (Å²) in [6.45, 7) is 2.77. The van der Waals surface area contributed by atoms with Gasteiger partial charge in [0.2, 0.25) is 0 Å². The first-order valence-electron chi connectivity index (χ1n) is 6.10. The quantitative estimate of drug-likeness (QED) is 0.492. The van der Waals surface area contributed by atoms with E-state index in [0.29, 0.717) is 5.70 Å². The van der Waals surface area contributed by atoms with Gasteiger partial charge in [-0.15, -0.1) is 0 Å². The topological polar surface area (TPSA) is 71.1 Å². The van der Waals surface area contributed by atoms with E-state index in [2.05, 4.69) is 5.32 Å².